The van der Waals surface area contributed by atoms with E-state index in [0.29, 0.717) is 17.0 Å². The molecule has 0 spiro atoms. The lowest BCUT2D eigenvalue weighted by atomic mass is 10.1. The average molecular weight is 354 g/mol. The minimum absolute atomic E-state index is 0.0355. The van der Waals surface area contributed by atoms with Gasteiger partial charge >= 0.3 is 5.69 Å². The molecule has 0 saturated heterocycles. The summed E-state index contributed by atoms with van der Waals surface area (Å²) in [7, 11) is 1.56. The summed E-state index contributed by atoms with van der Waals surface area (Å²) in [6.45, 7) is -0.372. The van der Waals surface area contributed by atoms with Crippen molar-refractivity contribution in [1.82, 2.24) is 14.8 Å². The second kappa shape index (κ2) is 7.56. The van der Waals surface area contributed by atoms with E-state index in [0.717, 1.165) is 4.68 Å². The number of methoxy groups -OCH3 is 1. The molecule has 0 unspecified atom stereocenters. The number of para-hydroxylation sites is 1. The van der Waals surface area contributed by atoms with Crippen LogP contribution in [0.4, 0.5) is 10.1 Å². The van der Waals surface area contributed by atoms with Gasteiger partial charge in [0.25, 0.3) is 0 Å². The Hall–Kier alpha value is -3.55. The molecule has 26 heavy (non-hydrogen) atoms. The Balaban J connectivity index is 1.74. The maximum absolute atomic E-state index is 13.5. The molecular formula is C18H15FN4O3. The summed E-state index contributed by atoms with van der Waals surface area (Å²) in [4.78, 5) is 28.0. The van der Waals surface area contributed by atoms with E-state index >= 15 is 0 Å². The minimum atomic E-state index is -0.679. The van der Waals surface area contributed by atoms with Crippen molar-refractivity contribution in [2.24, 2.45) is 0 Å². The Bertz CT molecular complexity index is 986. The molecule has 0 fully saturated rings. The Morgan fingerprint density at radius 1 is 1.19 bits per heavy atom. The number of carbonyl (C=O) groups excluding carboxylic acids is 1. The number of anilines is 1. The lowest BCUT2D eigenvalue weighted by Crippen LogP contribution is -2.31. The zero-order chi connectivity index (χ0) is 18.5. The van der Waals surface area contributed by atoms with Crippen LogP contribution >= 0.6 is 0 Å². The molecule has 0 bridgehead atoms. The van der Waals surface area contributed by atoms with Gasteiger partial charge in [-0.25, -0.2) is 13.9 Å². The van der Waals surface area contributed by atoms with E-state index in [-0.39, 0.29) is 12.2 Å². The first kappa shape index (κ1) is 17.3. The van der Waals surface area contributed by atoms with Crippen LogP contribution in [0, 0.1) is 5.82 Å². The predicted octanol–water partition coefficient (Wildman–Crippen LogP) is 2.09. The number of amides is 1. The monoisotopic (exact) mass is 354 g/mol. The van der Waals surface area contributed by atoms with Crippen molar-refractivity contribution >= 4 is 11.6 Å². The Labute approximate surface area is 148 Å². The lowest BCUT2D eigenvalue weighted by molar-refractivity contribution is -0.117. The molecule has 2 aromatic carbocycles. The second-order valence-corrected chi connectivity index (χ2v) is 5.34. The lowest BCUT2D eigenvalue weighted by Gasteiger charge is -2.08. The SMILES string of the molecule is COc1ccc(-c2cnn(CC(=O)Nc3ccccc3F)c(=O)n2)cc1. The van der Waals surface area contributed by atoms with Crippen LogP contribution in [0.25, 0.3) is 11.3 Å². The van der Waals surface area contributed by atoms with Gasteiger partial charge in [-0.1, -0.05) is 12.1 Å². The highest BCUT2D eigenvalue weighted by Gasteiger charge is 2.10. The summed E-state index contributed by atoms with van der Waals surface area (Å²) in [6, 6.07) is 12.7. The molecule has 1 N–H and O–H groups in total. The van der Waals surface area contributed by atoms with Crippen LogP contribution in [-0.4, -0.2) is 27.8 Å². The summed E-state index contributed by atoms with van der Waals surface area (Å²) >= 11 is 0. The molecule has 7 nitrogen and oxygen atoms in total. The summed E-state index contributed by atoms with van der Waals surface area (Å²) < 4.78 is 19.5. The molecule has 3 aromatic rings. The number of nitrogens with one attached hydrogen (secondary N) is 1. The van der Waals surface area contributed by atoms with Crippen molar-refractivity contribution in [2.75, 3.05) is 12.4 Å². The van der Waals surface area contributed by atoms with Gasteiger partial charge in [-0.15, -0.1) is 0 Å². The highest BCUT2D eigenvalue weighted by molar-refractivity contribution is 5.90. The highest BCUT2D eigenvalue weighted by Crippen LogP contribution is 2.18. The molecule has 0 aliphatic heterocycles. The number of aromatic nitrogens is 3. The summed E-state index contributed by atoms with van der Waals surface area (Å²) in [5.74, 6) is -0.460. The molecule has 0 aliphatic carbocycles. The average Bonchev–Trinajstić information content (AvgIpc) is 2.65. The Kier molecular flexibility index (Phi) is 5.02. The zero-order valence-electron chi connectivity index (χ0n) is 13.8. The van der Waals surface area contributed by atoms with Gasteiger partial charge in [-0.05, 0) is 36.4 Å². The largest absolute Gasteiger partial charge is 0.497 e. The Morgan fingerprint density at radius 3 is 2.58 bits per heavy atom. The van der Waals surface area contributed by atoms with E-state index in [1.54, 1.807) is 37.4 Å². The number of ether oxygens (including phenoxy) is 1. The predicted molar refractivity (Wildman–Crippen MR) is 93.3 cm³/mol. The smallest absolute Gasteiger partial charge is 0.365 e. The van der Waals surface area contributed by atoms with Crippen LogP contribution < -0.4 is 15.7 Å². The first-order valence-electron chi connectivity index (χ1n) is 7.70. The van der Waals surface area contributed by atoms with Crippen molar-refractivity contribution < 1.29 is 13.9 Å². The van der Waals surface area contributed by atoms with Crippen LogP contribution in [0.2, 0.25) is 0 Å². The van der Waals surface area contributed by atoms with E-state index in [2.05, 4.69) is 15.4 Å². The topological polar surface area (TPSA) is 86.1 Å². The molecule has 1 aromatic heterocycles. The molecular weight excluding hydrogens is 339 g/mol. The molecule has 0 atom stereocenters. The van der Waals surface area contributed by atoms with Gasteiger partial charge in [0.15, 0.2) is 0 Å². The highest BCUT2D eigenvalue weighted by atomic mass is 19.1. The maximum atomic E-state index is 13.5. The zero-order valence-corrected chi connectivity index (χ0v) is 13.8. The summed E-state index contributed by atoms with van der Waals surface area (Å²) in [5.41, 5.74) is 0.428. The summed E-state index contributed by atoms with van der Waals surface area (Å²) in [5, 5.41) is 6.35. The molecule has 132 valence electrons. The van der Waals surface area contributed by atoms with Gasteiger partial charge in [-0.2, -0.15) is 10.1 Å². The van der Waals surface area contributed by atoms with E-state index in [1.165, 1.54) is 24.4 Å². The standard InChI is InChI=1S/C18H15FN4O3/c1-26-13-8-6-12(7-9-13)16-10-20-23(18(25)22-16)11-17(24)21-15-5-3-2-4-14(15)19/h2-10H,11H2,1H3,(H,21,24). The molecule has 3 rings (SSSR count). The van der Waals surface area contributed by atoms with Crippen LogP contribution in [0.1, 0.15) is 0 Å². The van der Waals surface area contributed by atoms with E-state index in [1.807, 2.05) is 0 Å². The quantitative estimate of drug-likeness (QED) is 0.758. The third-order valence-corrected chi connectivity index (χ3v) is 3.58. The van der Waals surface area contributed by atoms with Gasteiger partial charge in [0.05, 0.1) is 24.7 Å². The molecule has 1 heterocycles. The number of hydrogen-bond donors (Lipinski definition) is 1. The van der Waals surface area contributed by atoms with Crippen LogP contribution in [0.3, 0.4) is 0 Å². The van der Waals surface area contributed by atoms with Crippen molar-refractivity contribution in [2.45, 2.75) is 6.54 Å². The number of hydrogen-bond acceptors (Lipinski definition) is 5. The van der Waals surface area contributed by atoms with Gasteiger partial charge < -0.3 is 10.1 Å². The number of halogens is 1. The molecule has 0 radical (unpaired) electrons. The van der Waals surface area contributed by atoms with Crippen molar-refractivity contribution in [3.63, 3.8) is 0 Å². The second-order valence-electron chi connectivity index (χ2n) is 5.34. The fourth-order valence-electron chi connectivity index (χ4n) is 2.26. The number of benzene rings is 2. The van der Waals surface area contributed by atoms with E-state index in [4.69, 9.17) is 4.74 Å². The normalized spacial score (nSPS) is 10.4. The fourth-order valence-corrected chi connectivity index (χ4v) is 2.26. The van der Waals surface area contributed by atoms with Gasteiger partial charge in [0.1, 0.15) is 18.1 Å². The Morgan fingerprint density at radius 2 is 1.92 bits per heavy atom. The fraction of sp³-hybridized carbons (Fsp3) is 0.111. The van der Waals surface area contributed by atoms with Crippen molar-refractivity contribution in [3.05, 3.63) is 71.0 Å². The molecule has 8 heteroatoms. The third kappa shape index (κ3) is 3.92. The number of rotatable bonds is 5. The van der Waals surface area contributed by atoms with E-state index < -0.39 is 17.4 Å². The van der Waals surface area contributed by atoms with Crippen LogP contribution in [0.5, 0.6) is 5.75 Å². The van der Waals surface area contributed by atoms with Gasteiger partial charge in [-0.3, -0.25) is 4.79 Å². The molecule has 0 aliphatic rings. The molecule has 0 saturated carbocycles. The van der Waals surface area contributed by atoms with Crippen molar-refractivity contribution in [1.29, 1.82) is 0 Å². The van der Waals surface area contributed by atoms with Crippen molar-refractivity contribution in [3.8, 4) is 17.0 Å². The van der Waals surface area contributed by atoms with Crippen LogP contribution in [-0.2, 0) is 11.3 Å². The minimum Gasteiger partial charge on any atom is -0.497 e. The third-order valence-electron chi connectivity index (χ3n) is 3.58. The maximum Gasteiger partial charge on any atom is 0.365 e. The summed E-state index contributed by atoms with van der Waals surface area (Å²) in [6.07, 6.45) is 1.39. The first-order valence-corrected chi connectivity index (χ1v) is 7.70. The molecule has 1 amide bonds. The number of carbonyl (C=O) groups is 1. The first-order chi connectivity index (χ1) is 12.6. The van der Waals surface area contributed by atoms with Gasteiger partial charge in [0.2, 0.25) is 5.91 Å². The number of nitrogens with zero attached hydrogens (tertiary/aromatic N) is 3. The van der Waals surface area contributed by atoms with Crippen LogP contribution in [0.15, 0.2) is 59.5 Å². The van der Waals surface area contributed by atoms with E-state index in [9.17, 15) is 14.0 Å². The van der Waals surface area contributed by atoms with Gasteiger partial charge in [0, 0.05) is 5.56 Å².